The average Bonchev–Trinajstić information content (AvgIpc) is 2.83. The second-order valence-electron chi connectivity index (χ2n) is 7.58. The molecule has 0 atom stereocenters. The third-order valence-corrected chi connectivity index (χ3v) is 5.79. The molecule has 0 unspecified atom stereocenters. The van der Waals surface area contributed by atoms with Gasteiger partial charge in [0.2, 0.25) is 5.95 Å². The lowest BCUT2D eigenvalue weighted by Crippen LogP contribution is -2.49. The topological polar surface area (TPSA) is 71.0 Å². The van der Waals surface area contributed by atoms with Crippen molar-refractivity contribution < 1.29 is 14.3 Å². The molecule has 8 nitrogen and oxygen atoms in total. The van der Waals surface area contributed by atoms with Crippen LogP contribution in [0.1, 0.15) is 29.6 Å². The number of hydrogen-bond donors (Lipinski definition) is 0. The van der Waals surface area contributed by atoms with E-state index in [0.717, 1.165) is 37.9 Å². The van der Waals surface area contributed by atoms with Crippen LogP contribution in [0.3, 0.4) is 0 Å². The molecule has 2 aliphatic rings. The van der Waals surface area contributed by atoms with Crippen LogP contribution >= 0.6 is 0 Å². The summed E-state index contributed by atoms with van der Waals surface area (Å²) in [6, 6.07) is 7.35. The van der Waals surface area contributed by atoms with Gasteiger partial charge in [0.25, 0.3) is 5.91 Å². The number of hydrogen-bond acceptors (Lipinski definition) is 7. The molecule has 1 amide bonds. The number of para-hydroxylation sites is 1. The number of piperazine rings is 1. The van der Waals surface area contributed by atoms with Gasteiger partial charge in [-0.1, -0.05) is 6.07 Å². The van der Waals surface area contributed by atoms with E-state index in [9.17, 15) is 4.79 Å². The summed E-state index contributed by atoms with van der Waals surface area (Å²) in [5, 5.41) is 0. The number of anilines is 2. The predicted octanol–water partition coefficient (Wildman–Crippen LogP) is 2.45. The Kier molecular flexibility index (Phi) is 6.21. The van der Waals surface area contributed by atoms with Gasteiger partial charge in [0, 0.05) is 45.5 Å². The number of nitrogens with zero attached hydrogens (tertiary/aromatic N) is 5. The first-order valence-electron chi connectivity index (χ1n) is 10.5. The maximum Gasteiger partial charge on any atom is 0.257 e. The number of benzene rings is 1. The summed E-state index contributed by atoms with van der Waals surface area (Å²) in [6.45, 7) is 4.76. The first kappa shape index (κ1) is 20.3. The number of methoxy groups -OCH3 is 2. The van der Waals surface area contributed by atoms with Crippen LogP contribution in [-0.4, -0.2) is 74.3 Å². The molecule has 2 aromatic rings. The van der Waals surface area contributed by atoms with E-state index >= 15 is 0 Å². The van der Waals surface area contributed by atoms with E-state index in [1.54, 1.807) is 26.4 Å². The number of carbonyl (C=O) groups excluding carboxylic acids is 1. The molecule has 8 heteroatoms. The predicted molar refractivity (Wildman–Crippen MR) is 116 cm³/mol. The van der Waals surface area contributed by atoms with Crippen molar-refractivity contribution in [3.8, 4) is 11.5 Å². The van der Waals surface area contributed by atoms with Gasteiger partial charge < -0.3 is 24.2 Å². The van der Waals surface area contributed by atoms with Crippen LogP contribution in [0.25, 0.3) is 0 Å². The monoisotopic (exact) mass is 411 g/mol. The molecule has 0 aliphatic carbocycles. The first-order valence-corrected chi connectivity index (χ1v) is 10.5. The Morgan fingerprint density at radius 3 is 2.37 bits per heavy atom. The van der Waals surface area contributed by atoms with E-state index in [1.807, 2.05) is 23.2 Å². The maximum atomic E-state index is 13.1. The molecule has 0 radical (unpaired) electrons. The standard InChI is InChI=1S/C22H29N5O3/c1-29-18-8-6-7-17(20(18)30-2)21(28)26-15-13-25(14-16-26)19-9-10-23-22(24-19)27-11-4-3-5-12-27/h6-10H,3-5,11-16H2,1-2H3. The van der Waals surface area contributed by atoms with Gasteiger partial charge in [-0.3, -0.25) is 4.79 Å². The zero-order chi connectivity index (χ0) is 20.9. The minimum atomic E-state index is -0.0397. The largest absolute Gasteiger partial charge is 0.493 e. The van der Waals surface area contributed by atoms with Crippen LogP contribution in [0.4, 0.5) is 11.8 Å². The Morgan fingerprint density at radius 2 is 1.67 bits per heavy atom. The Balaban J connectivity index is 1.42. The highest BCUT2D eigenvalue weighted by Crippen LogP contribution is 2.32. The minimum Gasteiger partial charge on any atom is -0.493 e. The molecule has 2 aliphatic heterocycles. The molecule has 160 valence electrons. The molecule has 4 rings (SSSR count). The molecule has 30 heavy (non-hydrogen) atoms. The molecular formula is C22H29N5O3. The molecule has 0 N–H and O–H groups in total. The van der Waals surface area contributed by atoms with E-state index in [4.69, 9.17) is 14.5 Å². The van der Waals surface area contributed by atoms with Crippen LogP contribution in [0.2, 0.25) is 0 Å². The number of ether oxygens (including phenoxy) is 2. The number of piperidine rings is 1. The van der Waals surface area contributed by atoms with Crippen LogP contribution in [-0.2, 0) is 0 Å². The van der Waals surface area contributed by atoms with Gasteiger partial charge in [-0.05, 0) is 37.5 Å². The summed E-state index contributed by atoms with van der Waals surface area (Å²) in [7, 11) is 3.13. The van der Waals surface area contributed by atoms with Crippen molar-refractivity contribution in [2.75, 3.05) is 63.3 Å². The molecule has 0 bridgehead atoms. The summed E-state index contributed by atoms with van der Waals surface area (Å²) in [5.41, 5.74) is 0.528. The first-order chi connectivity index (χ1) is 14.7. The molecule has 3 heterocycles. The van der Waals surface area contributed by atoms with Crippen molar-refractivity contribution in [3.05, 3.63) is 36.0 Å². The molecular weight excluding hydrogens is 382 g/mol. The van der Waals surface area contributed by atoms with Crippen molar-refractivity contribution in [1.82, 2.24) is 14.9 Å². The van der Waals surface area contributed by atoms with E-state index < -0.39 is 0 Å². The van der Waals surface area contributed by atoms with Gasteiger partial charge in [0.05, 0.1) is 19.8 Å². The third kappa shape index (κ3) is 4.13. The van der Waals surface area contributed by atoms with Gasteiger partial charge >= 0.3 is 0 Å². The Morgan fingerprint density at radius 1 is 0.900 bits per heavy atom. The van der Waals surface area contributed by atoms with Gasteiger partial charge in [-0.25, -0.2) is 4.98 Å². The summed E-state index contributed by atoms with van der Waals surface area (Å²) in [6.07, 6.45) is 5.51. The van der Waals surface area contributed by atoms with Gasteiger partial charge in [0.15, 0.2) is 11.5 Å². The number of aromatic nitrogens is 2. The SMILES string of the molecule is COc1cccc(C(=O)N2CCN(c3ccnc(N4CCCCC4)n3)CC2)c1OC. The quantitative estimate of drug-likeness (QED) is 0.748. The fourth-order valence-corrected chi connectivity index (χ4v) is 4.13. The lowest BCUT2D eigenvalue weighted by atomic mass is 10.1. The van der Waals surface area contributed by atoms with Crippen molar-refractivity contribution >= 4 is 17.7 Å². The van der Waals surface area contributed by atoms with Crippen LogP contribution in [0.5, 0.6) is 11.5 Å². The van der Waals surface area contributed by atoms with Crippen LogP contribution in [0.15, 0.2) is 30.5 Å². The summed E-state index contributed by atoms with van der Waals surface area (Å²) in [5.74, 6) is 2.74. The highest BCUT2D eigenvalue weighted by Gasteiger charge is 2.26. The Bertz CT molecular complexity index is 877. The lowest BCUT2D eigenvalue weighted by molar-refractivity contribution is 0.0742. The fraction of sp³-hybridized carbons (Fsp3) is 0.500. The summed E-state index contributed by atoms with van der Waals surface area (Å²) in [4.78, 5) is 28.7. The second kappa shape index (κ2) is 9.19. The normalized spacial score (nSPS) is 17.1. The van der Waals surface area contributed by atoms with E-state index in [-0.39, 0.29) is 5.91 Å². The zero-order valence-corrected chi connectivity index (χ0v) is 17.7. The van der Waals surface area contributed by atoms with Crippen molar-refractivity contribution in [1.29, 1.82) is 0 Å². The zero-order valence-electron chi connectivity index (χ0n) is 17.7. The van der Waals surface area contributed by atoms with Crippen molar-refractivity contribution in [2.45, 2.75) is 19.3 Å². The minimum absolute atomic E-state index is 0.0397. The highest BCUT2D eigenvalue weighted by molar-refractivity contribution is 5.98. The fourth-order valence-electron chi connectivity index (χ4n) is 4.13. The lowest BCUT2D eigenvalue weighted by Gasteiger charge is -2.36. The molecule has 0 saturated carbocycles. The smallest absolute Gasteiger partial charge is 0.257 e. The Hall–Kier alpha value is -3.03. The van der Waals surface area contributed by atoms with E-state index in [2.05, 4.69) is 14.8 Å². The number of amides is 1. The van der Waals surface area contributed by atoms with Gasteiger partial charge in [-0.15, -0.1) is 0 Å². The summed E-state index contributed by atoms with van der Waals surface area (Å²) < 4.78 is 10.8. The van der Waals surface area contributed by atoms with Crippen LogP contribution in [0, 0.1) is 0 Å². The van der Waals surface area contributed by atoms with E-state index in [0.29, 0.717) is 30.2 Å². The maximum absolute atomic E-state index is 13.1. The third-order valence-electron chi connectivity index (χ3n) is 5.79. The number of rotatable bonds is 5. The highest BCUT2D eigenvalue weighted by atomic mass is 16.5. The summed E-state index contributed by atoms with van der Waals surface area (Å²) >= 11 is 0. The second-order valence-corrected chi connectivity index (χ2v) is 7.58. The van der Waals surface area contributed by atoms with Gasteiger partial charge in [-0.2, -0.15) is 4.98 Å². The molecule has 1 aromatic carbocycles. The number of carbonyl (C=O) groups is 1. The molecule has 0 spiro atoms. The molecule has 2 saturated heterocycles. The van der Waals surface area contributed by atoms with Crippen molar-refractivity contribution in [2.24, 2.45) is 0 Å². The van der Waals surface area contributed by atoms with Crippen molar-refractivity contribution in [3.63, 3.8) is 0 Å². The van der Waals surface area contributed by atoms with Gasteiger partial charge in [0.1, 0.15) is 5.82 Å². The average molecular weight is 412 g/mol. The molecule has 1 aromatic heterocycles. The van der Waals surface area contributed by atoms with Crippen LogP contribution < -0.4 is 19.3 Å². The molecule has 2 fully saturated rings. The Labute approximate surface area is 177 Å². The van der Waals surface area contributed by atoms with E-state index in [1.165, 1.54) is 19.3 Å².